The molecule has 1 aromatic carbocycles. The SMILES string of the molecule is CC(Nc1ccc(C(N)=O)cc1)C(=O)N(C)C. The van der Waals surface area contributed by atoms with E-state index >= 15 is 0 Å². The Morgan fingerprint density at radius 2 is 1.76 bits per heavy atom. The zero-order chi connectivity index (χ0) is 13.0. The first-order chi connectivity index (χ1) is 7.91. The lowest BCUT2D eigenvalue weighted by Gasteiger charge is -2.18. The summed E-state index contributed by atoms with van der Waals surface area (Å²) in [5.74, 6) is -0.474. The van der Waals surface area contributed by atoms with Gasteiger partial charge in [0.25, 0.3) is 0 Å². The van der Waals surface area contributed by atoms with Gasteiger partial charge in [0.2, 0.25) is 11.8 Å². The molecule has 0 radical (unpaired) electrons. The zero-order valence-corrected chi connectivity index (χ0v) is 10.2. The van der Waals surface area contributed by atoms with Gasteiger partial charge in [-0.25, -0.2) is 0 Å². The second-order valence-corrected chi connectivity index (χ2v) is 4.04. The highest BCUT2D eigenvalue weighted by atomic mass is 16.2. The van der Waals surface area contributed by atoms with Crippen LogP contribution in [-0.4, -0.2) is 36.9 Å². The van der Waals surface area contributed by atoms with Crippen molar-refractivity contribution in [3.8, 4) is 0 Å². The van der Waals surface area contributed by atoms with Crippen LogP contribution in [0.2, 0.25) is 0 Å². The number of primary amides is 1. The highest BCUT2D eigenvalue weighted by molar-refractivity contribution is 5.93. The van der Waals surface area contributed by atoms with Gasteiger partial charge in [-0.3, -0.25) is 9.59 Å². The van der Waals surface area contributed by atoms with E-state index in [0.29, 0.717) is 5.56 Å². The average Bonchev–Trinajstić information content (AvgIpc) is 2.28. The van der Waals surface area contributed by atoms with Gasteiger partial charge in [0, 0.05) is 25.3 Å². The van der Waals surface area contributed by atoms with Crippen molar-refractivity contribution in [2.45, 2.75) is 13.0 Å². The summed E-state index contributed by atoms with van der Waals surface area (Å²) < 4.78 is 0. The third kappa shape index (κ3) is 3.48. The molecule has 0 aliphatic heterocycles. The molecule has 1 aromatic rings. The summed E-state index contributed by atoms with van der Waals surface area (Å²) in [7, 11) is 3.41. The molecule has 1 unspecified atom stereocenters. The van der Waals surface area contributed by atoms with Crippen LogP contribution in [0.25, 0.3) is 0 Å². The van der Waals surface area contributed by atoms with E-state index in [1.807, 2.05) is 0 Å². The van der Waals surface area contributed by atoms with Gasteiger partial charge in [-0.15, -0.1) is 0 Å². The van der Waals surface area contributed by atoms with Crippen molar-refractivity contribution < 1.29 is 9.59 Å². The topological polar surface area (TPSA) is 75.4 Å². The molecular formula is C12H17N3O2. The number of hydrogen-bond donors (Lipinski definition) is 2. The number of amides is 2. The summed E-state index contributed by atoms with van der Waals surface area (Å²) in [6.45, 7) is 1.78. The van der Waals surface area contributed by atoms with Crippen molar-refractivity contribution in [2.75, 3.05) is 19.4 Å². The minimum Gasteiger partial charge on any atom is -0.374 e. The number of nitrogens with zero attached hydrogens (tertiary/aromatic N) is 1. The van der Waals surface area contributed by atoms with Crippen LogP contribution in [0.15, 0.2) is 24.3 Å². The molecule has 1 rings (SSSR count). The Morgan fingerprint density at radius 3 is 2.18 bits per heavy atom. The first kappa shape index (κ1) is 13.0. The number of nitrogens with one attached hydrogen (secondary N) is 1. The van der Waals surface area contributed by atoms with Gasteiger partial charge in [-0.1, -0.05) is 0 Å². The summed E-state index contributed by atoms with van der Waals surface area (Å²) in [6.07, 6.45) is 0. The van der Waals surface area contributed by atoms with Crippen LogP contribution < -0.4 is 11.1 Å². The van der Waals surface area contributed by atoms with E-state index in [0.717, 1.165) is 5.69 Å². The van der Waals surface area contributed by atoms with E-state index in [4.69, 9.17) is 5.73 Å². The maximum atomic E-state index is 11.6. The van der Waals surface area contributed by atoms with Crippen LogP contribution in [0.3, 0.4) is 0 Å². The van der Waals surface area contributed by atoms with Crippen LogP contribution in [-0.2, 0) is 4.79 Å². The Morgan fingerprint density at radius 1 is 1.24 bits per heavy atom. The first-order valence-electron chi connectivity index (χ1n) is 5.29. The number of benzene rings is 1. The number of hydrogen-bond acceptors (Lipinski definition) is 3. The molecule has 3 N–H and O–H groups in total. The van der Waals surface area contributed by atoms with E-state index in [-0.39, 0.29) is 11.9 Å². The van der Waals surface area contributed by atoms with Crippen LogP contribution >= 0.6 is 0 Å². The van der Waals surface area contributed by atoms with Gasteiger partial charge in [0.05, 0.1) is 0 Å². The van der Waals surface area contributed by atoms with Crippen LogP contribution in [0.4, 0.5) is 5.69 Å². The number of anilines is 1. The monoisotopic (exact) mass is 235 g/mol. The molecule has 1 atom stereocenters. The van der Waals surface area contributed by atoms with E-state index in [9.17, 15) is 9.59 Å². The van der Waals surface area contributed by atoms with Crippen LogP contribution in [0, 0.1) is 0 Å². The number of carbonyl (C=O) groups excluding carboxylic acids is 2. The van der Waals surface area contributed by atoms with E-state index in [2.05, 4.69) is 5.32 Å². The maximum absolute atomic E-state index is 11.6. The summed E-state index contributed by atoms with van der Waals surface area (Å²) in [5.41, 5.74) is 6.35. The molecule has 0 fully saturated rings. The average molecular weight is 235 g/mol. The Kier molecular flexibility index (Phi) is 4.09. The van der Waals surface area contributed by atoms with Gasteiger partial charge in [-0.2, -0.15) is 0 Å². The van der Waals surface area contributed by atoms with Crippen molar-refractivity contribution >= 4 is 17.5 Å². The van der Waals surface area contributed by atoms with Crippen molar-refractivity contribution in [2.24, 2.45) is 5.73 Å². The van der Waals surface area contributed by atoms with Crippen LogP contribution in [0.5, 0.6) is 0 Å². The molecule has 0 aliphatic rings. The number of carbonyl (C=O) groups is 2. The molecule has 17 heavy (non-hydrogen) atoms. The molecule has 5 nitrogen and oxygen atoms in total. The highest BCUT2D eigenvalue weighted by Crippen LogP contribution is 2.11. The fraction of sp³-hybridized carbons (Fsp3) is 0.333. The second-order valence-electron chi connectivity index (χ2n) is 4.04. The van der Waals surface area contributed by atoms with E-state index < -0.39 is 5.91 Å². The minimum atomic E-state index is -0.464. The lowest BCUT2D eigenvalue weighted by molar-refractivity contribution is -0.129. The number of rotatable bonds is 4. The van der Waals surface area contributed by atoms with Crippen molar-refractivity contribution in [3.63, 3.8) is 0 Å². The Balaban J connectivity index is 2.69. The molecule has 92 valence electrons. The fourth-order valence-electron chi connectivity index (χ4n) is 1.43. The third-order valence-electron chi connectivity index (χ3n) is 2.36. The highest BCUT2D eigenvalue weighted by Gasteiger charge is 2.14. The summed E-state index contributed by atoms with van der Waals surface area (Å²) in [6, 6.07) is 6.37. The number of nitrogens with two attached hydrogens (primary N) is 1. The van der Waals surface area contributed by atoms with Crippen molar-refractivity contribution in [3.05, 3.63) is 29.8 Å². The molecule has 0 saturated heterocycles. The largest absolute Gasteiger partial charge is 0.374 e. The first-order valence-corrected chi connectivity index (χ1v) is 5.29. The molecule has 0 bridgehead atoms. The maximum Gasteiger partial charge on any atom is 0.248 e. The van der Waals surface area contributed by atoms with Crippen LogP contribution in [0.1, 0.15) is 17.3 Å². The van der Waals surface area contributed by atoms with Gasteiger partial charge in [0.15, 0.2) is 0 Å². The van der Waals surface area contributed by atoms with Gasteiger partial charge in [0.1, 0.15) is 6.04 Å². The Labute approximate surface area is 101 Å². The fourth-order valence-corrected chi connectivity index (χ4v) is 1.43. The predicted octanol–water partition coefficient (Wildman–Crippen LogP) is 0.674. The van der Waals surface area contributed by atoms with E-state index in [1.54, 1.807) is 45.3 Å². The standard InChI is InChI=1S/C12H17N3O2/c1-8(12(17)15(2)3)14-10-6-4-9(5-7-10)11(13)16/h4-8,14H,1-3H3,(H2,13,16). The molecule has 0 heterocycles. The smallest absolute Gasteiger partial charge is 0.248 e. The molecule has 0 aromatic heterocycles. The molecule has 2 amide bonds. The Hall–Kier alpha value is -2.04. The normalized spacial score (nSPS) is 11.7. The summed E-state index contributed by atoms with van der Waals surface area (Å²) in [5, 5.41) is 3.05. The third-order valence-corrected chi connectivity index (χ3v) is 2.36. The lowest BCUT2D eigenvalue weighted by atomic mass is 10.2. The lowest BCUT2D eigenvalue weighted by Crippen LogP contribution is -2.36. The molecule has 0 aliphatic carbocycles. The zero-order valence-electron chi connectivity index (χ0n) is 10.2. The van der Waals surface area contributed by atoms with Crippen molar-refractivity contribution in [1.82, 2.24) is 4.90 Å². The predicted molar refractivity (Wildman–Crippen MR) is 66.7 cm³/mol. The van der Waals surface area contributed by atoms with Crippen molar-refractivity contribution in [1.29, 1.82) is 0 Å². The minimum absolute atomic E-state index is 0.0102. The summed E-state index contributed by atoms with van der Waals surface area (Å²) >= 11 is 0. The molecule has 5 heteroatoms. The quantitative estimate of drug-likeness (QED) is 0.805. The van der Waals surface area contributed by atoms with Gasteiger partial charge >= 0.3 is 0 Å². The molecule has 0 spiro atoms. The number of likely N-dealkylation sites (N-methyl/N-ethyl adjacent to an activating group) is 1. The van der Waals surface area contributed by atoms with E-state index in [1.165, 1.54) is 4.90 Å². The Bertz CT molecular complexity index is 412. The molecule has 0 saturated carbocycles. The molecular weight excluding hydrogens is 218 g/mol. The second kappa shape index (κ2) is 5.34. The van der Waals surface area contributed by atoms with Gasteiger partial charge < -0.3 is 16.0 Å². The summed E-state index contributed by atoms with van der Waals surface area (Å²) in [4.78, 5) is 24.0. The van der Waals surface area contributed by atoms with Gasteiger partial charge in [-0.05, 0) is 31.2 Å².